The van der Waals surface area contributed by atoms with Crippen LogP contribution in [-0.2, 0) is 16.1 Å². The molecule has 1 aromatic heterocycles. The summed E-state index contributed by atoms with van der Waals surface area (Å²) in [6.07, 6.45) is 5.56. The minimum atomic E-state index is -0.436. The lowest BCUT2D eigenvalue weighted by Crippen LogP contribution is -2.40. The predicted molar refractivity (Wildman–Crippen MR) is 131 cm³/mol. The van der Waals surface area contributed by atoms with Gasteiger partial charge in [0.2, 0.25) is 5.91 Å². The molecule has 0 atom stereocenters. The van der Waals surface area contributed by atoms with Crippen LogP contribution >= 0.6 is 11.8 Å². The molecule has 2 saturated heterocycles. The van der Waals surface area contributed by atoms with E-state index in [2.05, 4.69) is 6.07 Å². The van der Waals surface area contributed by atoms with Gasteiger partial charge < -0.3 is 9.47 Å². The summed E-state index contributed by atoms with van der Waals surface area (Å²) in [6.45, 7) is 1.65. The topological polar surface area (TPSA) is 86.4 Å². The molecule has 34 heavy (non-hydrogen) atoms. The Kier molecular flexibility index (Phi) is 5.95. The van der Waals surface area contributed by atoms with Gasteiger partial charge in [0.05, 0.1) is 16.5 Å². The molecule has 7 nitrogen and oxygen atoms in total. The average Bonchev–Trinajstić information content (AvgIpc) is 3.56. The molecule has 2 fully saturated rings. The minimum Gasteiger partial charge on any atom is -0.342 e. The number of likely N-dealkylation sites (tertiary alicyclic amines) is 1. The van der Waals surface area contributed by atoms with Crippen molar-refractivity contribution >= 4 is 45.8 Å². The van der Waals surface area contributed by atoms with Gasteiger partial charge in [0, 0.05) is 42.3 Å². The second kappa shape index (κ2) is 9.20. The standard InChI is InChI=1S/C26H22N4O3S/c27-14-18-7-1-2-8-19(18)15-29-16-20(21-9-3-4-10-22(21)29)13-23-25(32)30(26(33)34-23)17-24(31)28-11-5-6-12-28/h1-4,7-10,13,16H,5-6,11-12,15,17H2/b23-13+. The number of rotatable bonds is 5. The Morgan fingerprint density at radius 1 is 1.06 bits per heavy atom. The Bertz CT molecular complexity index is 1380. The number of nitriles is 1. The number of hydrogen-bond acceptors (Lipinski definition) is 5. The molecular weight excluding hydrogens is 448 g/mol. The average molecular weight is 471 g/mol. The van der Waals surface area contributed by atoms with E-state index in [9.17, 15) is 19.6 Å². The Morgan fingerprint density at radius 3 is 2.59 bits per heavy atom. The molecule has 3 heterocycles. The van der Waals surface area contributed by atoms with Crippen molar-refractivity contribution in [2.75, 3.05) is 19.6 Å². The van der Waals surface area contributed by atoms with Crippen LogP contribution in [0.5, 0.6) is 0 Å². The number of carbonyl (C=O) groups is 3. The first-order chi connectivity index (χ1) is 16.5. The van der Waals surface area contributed by atoms with Gasteiger partial charge in [-0.1, -0.05) is 36.4 Å². The second-order valence-electron chi connectivity index (χ2n) is 8.35. The molecular formula is C26H22N4O3S. The maximum atomic E-state index is 13.0. The van der Waals surface area contributed by atoms with Crippen LogP contribution in [0.4, 0.5) is 4.79 Å². The molecule has 0 saturated carbocycles. The van der Waals surface area contributed by atoms with Gasteiger partial charge in [0.1, 0.15) is 6.54 Å². The zero-order chi connectivity index (χ0) is 23.7. The number of carbonyl (C=O) groups excluding carboxylic acids is 3. The largest absolute Gasteiger partial charge is 0.342 e. The summed E-state index contributed by atoms with van der Waals surface area (Å²) in [5, 5.41) is 9.96. The highest BCUT2D eigenvalue weighted by molar-refractivity contribution is 8.18. The van der Waals surface area contributed by atoms with Crippen molar-refractivity contribution in [3.05, 3.63) is 76.3 Å². The summed E-state index contributed by atoms with van der Waals surface area (Å²) >= 11 is 0.865. The van der Waals surface area contributed by atoms with E-state index in [-0.39, 0.29) is 12.5 Å². The SMILES string of the molecule is N#Cc1ccccc1Cn1cc(/C=C2/SC(=O)N(CC(=O)N3CCCC3)C2=O)c2ccccc21. The van der Waals surface area contributed by atoms with E-state index in [1.54, 1.807) is 17.0 Å². The minimum absolute atomic E-state index is 0.186. The number of amides is 3. The lowest BCUT2D eigenvalue weighted by atomic mass is 10.1. The van der Waals surface area contributed by atoms with E-state index in [1.807, 2.05) is 53.2 Å². The number of imide groups is 1. The fourth-order valence-corrected chi connectivity index (χ4v) is 5.28. The smallest absolute Gasteiger partial charge is 0.294 e. The van der Waals surface area contributed by atoms with Gasteiger partial charge in [-0.15, -0.1) is 0 Å². The number of thioether (sulfide) groups is 1. The first kappa shape index (κ1) is 22.0. The van der Waals surface area contributed by atoms with Gasteiger partial charge in [0.15, 0.2) is 0 Å². The molecule has 0 aliphatic carbocycles. The third-order valence-corrected chi connectivity index (χ3v) is 7.12. The number of benzene rings is 2. The third kappa shape index (κ3) is 4.11. The van der Waals surface area contributed by atoms with Gasteiger partial charge in [-0.3, -0.25) is 19.3 Å². The zero-order valence-electron chi connectivity index (χ0n) is 18.4. The van der Waals surface area contributed by atoms with Crippen molar-refractivity contribution < 1.29 is 14.4 Å². The Balaban J connectivity index is 1.44. The maximum absolute atomic E-state index is 13.0. The number of aromatic nitrogens is 1. The normalized spacial score (nSPS) is 17.2. The Labute approximate surface area is 201 Å². The number of hydrogen-bond donors (Lipinski definition) is 0. The Hall–Kier alpha value is -3.83. The monoisotopic (exact) mass is 470 g/mol. The number of fused-ring (bicyclic) bond motifs is 1. The molecule has 2 aliphatic heterocycles. The van der Waals surface area contributed by atoms with Crippen molar-refractivity contribution in [3.63, 3.8) is 0 Å². The van der Waals surface area contributed by atoms with Crippen LogP contribution in [0.15, 0.2) is 59.6 Å². The predicted octanol–water partition coefficient (Wildman–Crippen LogP) is 4.22. The fraction of sp³-hybridized carbons (Fsp3) is 0.231. The van der Waals surface area contributed by atoms with Crippen molar-refractivity contribution in [3.8, 4) is 6.07 Å². The summed E-state index contributed by atoms with van der Waals surface area (Å²) in [7, 11) is 0. The molecule has 8 heteroatoms. The van der Waals surface area contributed by atoms with Gasteiger partial charge >= 0.3 is 0 Å². The molecule has 2 aromatic carbocycles. The highest BCUT2D eigenvalue weighted by Gasteiger charge is 2.37. The fourth-order valence-electron chi connectivity index (χ4n) is 4.45. The van der Waals surface area contributed by atoms with E-state index >= 15 is 0 Å². The quantitative estimate of drug-likeness (QED) is 0.521. The number of nitrogens with zero attached hydrogens (tertiary/aromatic N) is 4. The molecule has 2 aliphatic rings. The van der Waals surface area contributed by atoms with Gasteiger partial charge in [0.25, 0.3) is 11.1 Å². The van der Waals surface area contributed by atoms with E-state index in [0.717, 1.165) is 51.5 Å². The summed E-state index contributed by atoms with van der Waals surface area (Å²) < 4.78 is 2.04. The lowest BCUT2D eigenvalue weighted by molar-refractivity contribution is -0.135. The molecule has 3 aromatic rings. The van der Waals surface area contributed by atoms with Crippen molar-refractivity contribution in [2.45, 2.75) is 19.4 Å². The lowest BCUT2D eigenvalue weighted by Gasteiger charge is -2.18. The van der Waals surface area contributed by atoms with Crippen LogP contribution in [0, 0.1) is 11.3 Å². The van der Waals surface area contributed by atoms with Crippen LogP contribution in [0.1, 0.15) is 29.5 Å². The summed E-state index contributed by atoms with van der Waals surface area (Å²) in [4.78, 5) is 41.1. The van der Waals surface area contributed by atoms with Crippen LogP contribution in [0.3, 0.4) is 0 Å². The van der Waals surface area contributed by atoms with Gasteiger partial charge in [-0.25, -0.2) is 0 Å². The van der Waals surface area contributed by atoms with E-state index in [0.29, 0.717) is 30.1 Å². The van der Waals surface area contributed by atoms with Crippen LogP contribution in [0.25, 0.3) is 17.0 Å². The summed E-state index contributed by atoms with van der Waals surface area (Å²) in [5.41, 5.74) is 3.29. The van der Waals surface area contributed by atoms with Crippen LogP contribution in [-0.4, -0.2) is 51.1 Å². The van der Waals surface area contributed by atoms with Gasteiger partial charge in [-0.2, -0.15) is 5.26 Å². The van der Waals surface area contributed by atoms with Crippen molar-refractivity contribution in [1.82, 2.24) is 14.4 Å². The van der Waals surface area contributed by atoms with E-state index < -0.39 is 11.1 Å². The van der Waals surface area contributed by atoms with Crippen LogP contribution in [0.2, 0.25) is 0 Å². The summed E-state index contributed by atoms with van der Waals surface area (Å²) in [6, 6.07) is 17.5. The molecule has 0 radical (unpaired) electrons. The second-order valence-corrected chi connectivity index (χ2v) is 9.35. The Morgan fingerprint density at radius 2 is 1.79 bits per heavy atom. The zero-order valence-corrected chi connectivity index (χ0v) is 19.3. The van der Waals surface area contributed by atoms with E-state index in [4.69, 9.17) is 0 Å². The van der Waals surface area contributed by atoms with Gasteiger partial charge in [-0.05, 0) is 48.4 Å². The molecule has 170 valence electrons. The molecule has 3 amide bonds. The van der Waals surface area contributed by atoms with Crippen LogP contribution < -0.4 is 0 Å². The summed E-state index contributed by atoms with van der Waals surface area (Å²) in [5.74, 6) is -0.622. The van der Waals surface area contributed by atoms with Crippen molar-refractivity contribution in [1.29, 1.82) is 5.26 Å². The maximum Gasteiger partial charge on any atom is 0.294 e. The highest BCUT2D eigenvalue weighted by atomic mass is 32.2. The van der Waals surface area contributed by atoms with Crippen molar-refractivity contribution in [2.24, 2.45) is 0 Å². The van der Waals surface area contributed by atoms with E-state index in [1.165, 1.54) is 0 Å². The first-order valence-electron chi connectivity index (χ1n) is 11.1. The number of para-hydroxylation sites is 1. The third-order valence-electron chi connectivity index (χ3n) is 6.21. The molecule has 0 bridgehead atoms. The molecule has 0 unspecified atom stereocenters. The first-order valence-corrected chi connectivity index (χ1v) is 12.0. The molecule has 0 spiro atoms. The molecule has 5 rings (SSSR count). The molecule has 0 N–H and O–H groups in total. The highest BCUT2D eigenvalue weighted by Crippen LogP contribution is 2.34.